The van der Waals surface area contributed by atoms with E-state index in [0.717, 1.165) is 24.4 Å². The Morgan fingerprint density at radius 2 is 1.84 bits per heavy atom. The van der Waals surface area contributed by atoms with Crippen molar-refractivity contribution in [2.45, 2.75) is 39.3 Å². The van der Waals surface area contributed by atoms with Gasteiger partial charge in [0.2, 0.25) is 0 Å². The molecule has 2 aromatic rings. The van der Waals surface area contributed by atoms with Crippen LogP contribution in [-0.4, -0.2) is 4.98 Å². The van der Waals surface area contributed by atoms with E-state index >= 15 is 0 Å². The summed E-state index contributed by atoms with van der Waals surface area (Å²) in [5.41, 5.74) is 3.54. The minimum atomic E-state index is 0.411. The Morgan fingerprint density at radius 3 is 2.53 bits per heavy atom. The lowest BCUT2D eigenvalue weighted by Gasteiger charge is -2.18. The Hall–Kier alpha value is -1.67. The second-order valence-corrected chi connectivity index (χ2v) is 4.90. The number of nitrogens with zero attached hydrogens (tertiary/aromatic N) is 1. The van der Waals surface area contributed by atoms with Gasteiger partial charge in [-0.3, -0.25) is 4.98 Å². The summed E-state index contributed by atoms with van der Waals surface area (Å²) in [5.74, 6) is 0. The van der Waals surface area contributed by atoms with Gasteiger partial charge in [0, 0.05) is 18.3 Å². The van der Waals surface area contributed by atoms with E-state index in [9.17, 15) is 0 Å². The van der Waals surface area contributed by atoms with Gasteiger partial charge in [-0.05, 0) is 31.0 Å². The first-order valence-electron chi connectivity index (χ1n) is 7.00. The summed E-state index contributed by atoms with van der Waals surface area (Å²) in [4.78, 5) is 4.54. The molecule has 0 amide bonds. The molecule has 19 heavy (non-hydrogen) atoms. The van der Waals surface area contributed by atoms with Gasteiger partial charge in [0.15, 0.2) is 0 Å². The van der Waals surface area contributed by atoms with Crippen molar-refractivity contribution >= 4 is 0 Å². The molecule has 1 atom stereocenters. The lowest BCUT2D eigenvalue weighted by molar-refractivity contribution is 0.489. The maximum absolute atomic E-state index is 4.54. The second kappa shape index (κ2) is 7.05. The second-order valence-electron chi connectivity index (χ2n) is 4.90. The third-order valence-electron chi connectivity index (χ3n) is 3.25. The molecule has 0 saturated carbocycles. The number of aromatic nitrogens is 1. The van der Waals surface area contributed by atoms with Crippen molar-refractivity contribution in [3.05, 3.63) is 65.5 Å². The minimum Gasteiger partial charge on any atom is -0.304 e. The summed E-state index contributed by atoms with van der Waals surface area (Å²) in [6, 6.07) is 17.2. The molecule has 2 nitrogen and oxygen atoms in total. The van der Waals surface area contributed by atoms with Gasteiger partial charge in [0.05, 0.1) is 5.69 Å². The van der Waals surface area contributed by atoms with E-state index < -0.39 is 0 Å². The molecule has 0 aliphatic carbocycles. The average molecular weight is 254 g/mol. The Labute approximate surface area is 115 Å². The highest BCUT2D eigenvalue weighted by Crippen LogP contribution is 2.18. The zero-order valence-corrected chi connectivity index (χ0v) is 11.8. The first-order valence-corrected chi connectivity index (χ1v) is 7.00. The van der Waals surface area contributed by atoms with E-state index in [-0.39, 0.29) is 0 Å². The predicted molar refractivity (Wildman–Crippen MR) is 79.9 cm³/mol. The topological polar surface area (TPSA) is 24.9 Å². The molecule has 2 heteroatoms. The fraction of sp³-hybridized carbons (Fsp3) is 0.353. The van der Waals surface area contributed by atoms with Crippen molar-refractivity contribution < 1.29 is 0 Å². The van der Waals surface area contributed by atoms with Crippen molar-refractivity contribution in [1.29, 1.82) is 0 Å². The number of rotatable bonds is 6. The van der Waals surface area contributed by atoms with Crippen LogP contribution in [0, 0.1) is 6.92 Å². The van der Waals surface area contributed by atoms with Crippen molar-refractivity contribution in [2.75, 3.05) is 0 Å². The molecule has 0 aliphatic heterocycles. The van der Waals surface area contributed by atoms with Crippen LogP contribution in [0.3, 0.4) is 0 Å². The fourth-order valence-corrected chi connectivity index (χ4v) is 2.29. The number of pyridine rings is 1. The molecule has 0 spiro atoms. The Kier molecular flexibility index (Phi) is 5.10. The van der Waals surface area contributed by atoms with E-state index in [1.165, 1.54) is 12.0 Å². The lowest BCUT2D eigenvalue weighted by atomic mass is 10.0. The van der Waals surface area contributed by atoms with Crippen LogP contribution in [0.5, 0.6) is 0 Å². The highest BCUT2D eigenvalue weighted by Gasteiger charge is 2.09. The van der Waals surface area contributed by atoms with E-state index in [2.05, 4.69) is 59.7 Å². The quantitative estimate of drug-likeness (QED) is 0.842. The summed E-state index contributed by atoms with van der Waals surface area (Å²) in [7, 11) is 0. The van der Waals surface area contributed by atoms with Gasteiger partial charge in [0.1, 0.15) is 0 Å². The van der Waals surface area contributed by atoms with Gasteiger partial charge >= 0.3 is 0 Å². The summed E-state index contributed by atoms with van der Waals surface area (Å²) >= 11 is 0. The van der Waals surface area contributed by atoms with Gasteiger partial charge in [-0.1, -0.05) is 49.7 Å². The zero-order chi connectivity index (χ0) is 13.5. The summed E-state index contributed by atoms with van der Waals surface area (Å²) in [6.07, 6.45) is 2.32. The van der Waals surface area contributed by atoms with E-state index in [0.29, 0.717) is 6.04 Å². The molecule has 1 N–H and O–H groups in total. The molecule has 2 rings (SSSR count). The Morgan fingerprint density at radius 1 is 1.05 bits per heavy atom. The van der Waals surface area contributed by atoms with Gasteiger partial charge in [-0.15, -0.1) is 0 Å². The smallest absolute Gasteiger partial charge is 0.0545 e. The van der Waals surface area contributed by atoms with Crippen molar-refractivity contribution in [3.63, 3.8) is 0 Å². The summed E-state index contributed by atoms with van der Waals surface area (Å²) in [6.45, 7) is 5.08. The monoisotopic (exact) mass is 254 g/mol. The van der Waals surface area contributed by atoms with Crippen LogP contribution in [0.15, 0.2) is 48.5 Å². The van der Waals surface area contributed by atoms with E-state index in [1.54, 1.807) is 0 Å². The van der Waals surface area contributed by atoms with Gasteiger partial charge in [-0.25, -0.2) is 0 Å². The van der Waals surface area contributed by atoms with Gasteiger partial charge < -0.3 is 5.32 Å². The summed E-state index contributed by atoms with van der Waals surface area (Å²) in [5, 5.41) is 3.62. The van der Waals surface area contributed by atoms with Crippen LogP contribution in [0.25, 0.3) is 0 Å². The van der Waals surface area contributed by atoms with Crippen molar-refractivity contribution in [3.8, 4) is 0 Å². The number of aryl methyl sites for hydroxylation is 1. The molecular weight excluding hydrogens is 232 g/mol. The first kappa shape index (κ1) is 13.8. The van der Waals surface area contributed by atoms with Crippen molar-refractivity contribution in [2.24, 2.45) is 0 Å². The fourth-order valence-electron chi connectivity index (χ4n) is 2.29. The molecule has 0 saturated heterocycles. The van der Waals surface area contributed by atoms with Crippen LogP contribution >= 0.6 is 0 Å². The maximum atomic E-state index is 4.54. The number of nitrogens with one attached hydrogen (secondary N) is 1. The minimum absolute atomic E-state index is 0.411. The highest BCUT2D eigenvalue weighted by molar-refractivity contribution is 5.19. The standard InChI is InChI=1S/C17H22N2/c1-3-8-17(15-10-5-4-6-11-15)18-13-16-12-7-9-14(2)19-16/h4-7,9-12,17-18H,3,8,13H2,1-2H3. The highest BCUT2D eigenvalue weighted by atomic mass is 14.9. The maximum Gasteiger partial charge on any atom is 0.0545 e. The molecule has 0 bridgehead atoms. The molecule has 1 heterocycles. The number of hydrogen-bond acceptors (Lipinski definition) is 2. The zero-order valence-electron chi connectivity index (χ0n) is 11.8. The van der Waals surface area contributed by atoms with Crippen LogP contribution < -0.4 is 5.32 Å². The SMILES string of the molecule is CCCC(NCc1cccc(C)n1)c1ccccc1. The molecule has 0 fully saturated rings. The van der Waals surface area contributed by atoms with Crippen LogP contribution in [0.1, 0.15) is 42.8 Å². The molecular formula is C17H22N2. The molecule has 0 aliphatic rings. The predicted octanol–water partition coefficient (Wildman–Crippen LogP) is 4.02. The third-order valence-corrected chi connectivity index (χ3v) is 3.25. The van der Waals surface area contributed by atoms with E-state index in [1.807, 2.05) is 13.0 Å². The van der Waals surface area contributed by atoms with Crippen LogP contribution in [0.2, 0.25) is 0 Å². The molecule has 0 radical (unpaired) electrons. The number of benzene rings is 1. The van der Waals surface area contributed by atoms with E-state index in [4.69, 9.17) is 0 Å². The average Bonchev–Trinajstić information content (AvgIpc) is 2.44. The van der Waals surface area contributed by atoms with Crippen LogP contribution in [0.4, 0.5) is 0 Å². The van der Waals surface area contributed by atoms with Gasteiger partial charge in [-0.2, -0.15) is 0 Å². The third kappa shape index (κ3) is 4.18. The van der Waals surface area contributed by atoms with Crippen LogP contribution in [-0.2, 0) is 6.54 Å². The first-order chi connectivity index (χ1) is 9.29. The Bertz CT molecular complexity index is 494. The molecule has 1 unspecified atom stereocenters. The molecule has 100 valence electrons. The lowest BCUT2D eigenvalue weighted by Crippen LogP contribution is -2.21. The molecule has 1 aromatic heterocycles. The van der Waals surface area contributed by atoms with Crippen molar-refractivity contribution in [1.82, 2.24) is 10.3 Å². The molecule has 1 aromatic carbocycles. The largest absolute Gasteiger partial charge is 0.304 e. The number of hydrogen-bond donors (Lipinski definition) is 1. The Balaban J connectivity index is 2.01. The van der Waals surface area contributed by atoms with Gasteiger partial charge in [0.25, 0.3) is 0 Å². The normalized spacial score (nSPS) is 12.3. The summed E-state index contributed by atoms with van der Waals surface area (Å²) < 4.78 is 0.